The van der Waals surface area contributed by atoms with Gasteiger partial charge in [0, 0.05) is 22.7 Å². The molecule has 0 saturated heterocycles. The van der Waals surface area contributed by atoms with Crippen LogP contribution < -0.4 is 0 Å². The van der Waals surface area contributed by atoms with Gasteiger partial charge < -0.3 is 0 Å². The van der Waals surface area contributed by atoms with Crippen LogP contribution in [0.2, 0.25) is 0 Å². The molecular weight excluding hydrogens is 226 g/mol. The molecule has 0 saturated carbocycles. The lowest BCUT2D eigenvalue weighted by Gasteiger charge is -2.06. The Morgan fingerprint density at radius 3 is 1.77 bits per heavy atom. The average Bonchev–Trinajstić information content (AvgIpc) is 2.09. The fraction of sp³-hybridized carbons (Fsp3) is 1.00. The smallest absolute Gasteiger partial charge is 0.0117 e. The van der Waals surface area contributed by atoms with E-state index in [1.54, 1.807) is 0 Å². The second-order valence-corrected chi connectivity index (χ2v) is 5.01. The Kier molecular flexibility index (Phi) is 10.9. The highest BCUT2D eigenvalue weighted by Gasteiger charge is 1.93. The van der Waals surface area contributed by atoms with Crippen LogP contribution in [0.15, 0.2) is 0 Å². The van der Waals surface area contributed by atoms with Gasteiger partial charge >= 0.3 is 0 Å². The second-order valence-electron chi connectivity index (χ2n) is 3.80. The molecule has 0 aliphatic carbocycles. The topological polar surface area (TPSA) is 3.24 Å². The maximum atomic E-state index is 3.41. The van der Waals surface area contributed by atoms with Crippen LogP contribution in [-0.2, 0) is 0 Å². The Hall–Kier alpha value is 0.440. The molecule has 0 heterocycles. The maximum absolute atomic E-state index is 3.41. The molecule has 0 aliphatic rings. The summed E-state index contributed by atoms with van der Waals surface area (Å²) in [7, 11) is 2.07. The largest absolute Gasteiger partial charge is 0.245 e. The monoisotopic (exact) mass is 249 g/mol. The molecule has 0 unspecified atom stereocenters. The molecule has 0 spiro atoms. The van der Waals surface area contributed by atoms with Gasteiger partial charge in [0.25, 0.3) is 0 Å². The van der Waals surface area contributed by atoms with E-state index in [0.29, 0.717) is 0 Å². The minimum Gasteiger partial charge on any atom is -0.245 e. The van der Waals surface area contributed by atoms with E-state index in [1.807, 2.05) is 0 Å². The van der Waals surface area contributed by atoms with Gasteiger partial charge in [-0.1, -0.05) is 51.9 Å². The standard InChI is InChI=1S/C11H24BrN/c1-3-4-5-6-7-8-9-10-11-13(2)12/h3-11H2,1-2H3. The highest BCUT2D eigenvalue weighted by atomic mass is 79.9. The molecule has 80 valence electrons. The fourth-order valence-electron chi connectivity index (χ4n) is 1.46. The van der Waals surface area contributed by atoms with Crippen LogP contribution in [0.5, 0.6) is 0 Å². The minimum absolute atomic E-state index is 1.18. The van der Waals surface area contributed by atoms with E-state index < -0.39 is 0 Å². The van der Waals surface area contributed by atoms with Gasteiger partial charge in [0.1, 0.15) is 0 Å². The van der Waals surface area contributed by atoms with Crippen LogP contribution in [0.25, 0.3) is 0 Å². The van der Waals surface area contributed by atoms with E-state index >= 15 is 0 Å². The highest BCUT2D eigenvalue weighted by molar-refractivity contribution is 9.07. The highest BCUT2D eigenvalue weighted by Crippen LogP contribution is 2.08. The van der Waals surface area contributed by atoms with Crippen LogP contribution in [0.3, 0.4) is 0 Å². The van der Waals surface area contributed by atoms with Crippen LogP contribution >= 0.6 is 16.1 Å². The summed E-state index contributed by atoms with van der Waals surface area (Å²) in [4.78, 5) is 0. The summed E-state index contributed by atoms with van der Waals surface area (Å²) in [5.74, 6) is 0. The first-order chi connectivity index (χ1) is 6.27. The molecule has 0 amide bonds. The minimum atomic E-state index is 1.18. The van der Waals surface area contributed by atoms with E-state index in [4.69, 9.17) is 0 Å². The Labute approximate surface area is 92.2 Å². The van der Waals surface area contributed by atoms with Gasteiger partial charge in [-0.15, -0.1) is 0 Å². The zero-order chi connectivity index (χ0) is 9.94. The SMILES string of the molecule is CCCCCCCCCCN(C)Br. The van der Waals surface area contributed by atoms with Gasteiger partial charge in [-0.25, -0.2) is 3.93 Å². The molecule has 0 radical (unpaired) electrons. The summed E-state index contributed by atoms with van der Waals surface area (Å²) < 4.78 is 2.09. The van der Waals surface area contributed by atoms with Crippen molar-refractivity contribution in [1.29, 1.82) is 0 Å². The first kappa shape index (κ1) is 13.4. The normalized spacial score (nSPS) is 11.1. The fourth-order valence-corrected chi connectivity index (χ4v) is 1.71. The van der Waals surface area contributed by atoms with Gasteiger partial charge in [-0.2, -0.15) is 0 Å². The van der Waals surface area contributed by atoms with E-state index in [1.165, 1.54) is 57.9 Å². The molecule has 0 aromatic carbocycles. The number of halogens is 1. The van der Waals surface area contributed by atoms with Crippen molar-refractivity contribution < 1.29 is 0 Å². The van der Waals surface area contributed by atoms with Crippen molar-refractivity contribution in [3.8, 4) is 0 Å². The maximum Gasteiger partial charge on any atom is 0.0117 e. The summed E-state index contributed by atoms with van der Waals surface area (Å²) in [5, 5.41) is 0. The number of hydrogen-bond donors (Lipinski definition) is 0. The van der Waals surface area contributed by atoms with Crippen molar-refractivity contribution in [2.75, 3.05) is 13.6 Å². The van der Waals surface area contributed by atoms with Crippen molar-refractivity contribution in [3.63, 3.8) is 0 Å². The zero-order valence-corrected chi connectivity index (χ0v) is 10.8. The summed E-state index contributed by atoms with van der Waals surface area (Å²) in [6.07, 6.45) is 11.2. The summed E-state index contributed by atoms with van der Waals surface area (Å²) in [6, 6.07) is 0. The summed E-state index contributed by atoms with van der Waals surface area (Å²) in [5.41, 5.74) is 0. The van der Waals surface area contributed by atoms with Gasteiger partial charge in [0.15, 0.2) is 0 Å². The Morgan fingerprint density at radius 1 is 0.846 bits per heavy atom. The summed E-state index contributed by atoms with van der Waals surface area (Å²) >= 11 is 3.41. The molecule has 0 aromatic heterocycles. The van der Waals surface area contributed by atoms with E-state index in [2.05, 4.69) is 34.0 Å². The van der Waals surface area contributed by atoms with Gasteiger partial charge in [0.2, 0.25) is 0 Å². The number of unbranched alkanes of at least 4 members (excludes halogenated alkanes) is 7. The third-order valence-electron chi connectivity index (χ3n) is 2.32. The van der Waals surface area contributed by atoms with E-state index in [-0.39, 0.29) is 0 Å². The molecule has 0 aliphatic heterocycles. The Balaban J connectivity index is 2.84. The Bertz CT molecular complexity index is 94.1. The molecule has 0 N–H and O–H groups in total. The quantitative estimate of drug-likeness (QED) is 0.434. The molecule has 1 nitrogen and oxygen atoms in total. The molecule has 0 rings (SSSR count). The first-order valence-corrected chi connectivity index (χ1v) is 6.35. The van der Waals surface area contributed by atoms with Gasteiger partial charge in [0.05, 0.1) is 0 Å². The number of rotatable bonds is 9. The van der Waals surface area contributed by atoms with Crippen molar-refractivity contribution in [1.82, 2.24) is 3.93 Å². The molecule has 13 heavy (non-hydrogen) atoms. The summed E-state index contributed by atoms with van der Waals surface area (Å²) in [6.45, 7) is 3.45. The van der Waals surface area contributed by atoms with Crippen molar-refractivity contribution in [2.45, 2.75) is 58.3 Å². The lowest BCUT2D eigenvalue weighted by Crippen LogP contribution is -2.04. The van der Waals surface area contributed by atoms with E-state index in [0.717, 1.165) is 0 Å². The van der Waals surface area contributed by atoms with Crippen LogP contribution in [0.4, 0.5) is 0 Å². The molecule has 0 fully saturated rings. The molecule has 0 aromatic rings. The zero-order valence-electron chi connectivity index (χ0n) is 9.19. The molecular formula is C11H24BrN. The average molecular weight is 250 g/mol. The number of hydrogen-bond acceptors (Lipinski definition) is 1. The second kappa shape index (κ2) is 10.5. The van der Waals surface area contributed by atoms with Crippen LogP contribution in [0, 0.1) is 0 Å². The molecule has 2 heteroatoms. The van der Waals surface area contributed by atoms with Crippen molar-refractivity contribution in [3.05, 3.63) is 0 Å². The predicted octanol–water partition coefficient (Wildman–Crippen LogP) is 4.37. The molecule has 0 atom stereocenters. The van der Waals surface area contributed by atoms with Crippen molar-refractivity contribution in [2.24, 2.45) is 0 Å². The van der Waals surface area contributed by atoms with Gasteiger partial charge in [-0.3, -0.25) is 0 Å². The Morgan fingerprint density at radius 2 is 1.31 bits per heavy atom. The number of nitrogens with zero attached hydrogens (tertiary/aromatic N) is 1. The predicted molar refractivity (Wildman–Crippen MR) is 64.2 cm³/mol. The lowest BCUT2D eigenvalue weighted by molar-refractivity contribution is 0.513. The van der Waals surface area contributed by atoms with Crippen LogP contribution in [-0.4, -0.2) is 17.5 Å². The third kappa shape index (κ3) is 12.4. The lowest BCUT2D eigenvalue weighted by atomic mass is 10.1. The third-order valence-corrected chi connectivity index (χ3v) is 2.67. The van der Waals surface area contributed by atoms with E-state index in [9.17, 15) is 0 Å². The van der Waals surface area contributed by atoms with Gasteiger partial charge in [-0.05, 0) is 13.5 Å². The van der Waals surface area contributed by atoms with Crippen LogP contribution in [0.1, 0.15) is 58.3 Å². The first-order valence-electron chi connectivity index (χ1n) is 5.64. The molecule has 0 bridgehead atoms. The van der Waals surface area contributed by atoms with Crippen molar-refractivity contribution >= 4 is 16.1 Å².